The largest absolute Gasteiger partial charge is 0.395 e. The average Bonchev–Trinajstić information content (AvgIpc) is 3.00. The minimum Gasteiger partial charge on any atom is -0.395 e. The summed E-state index contributed by atoms with van der Waals surface area (Å²) < 4.78 is 0. The lowest BCUT2D eigenvalue weighted by Gasteiger charge is -2.23. The normalized spacial score (nSPS) is 10.6. The van der Waals surface area contributed by atoms with Crippen LogP contribution < -0.4 is 16.0 Å². The zero-order chi connectivity index (χ0) is 15.1. The van der Waals surface area contributed by atoms with Gasteiger partial charge in [-0.1, -0.05) is 6.07 Å². The number of nitrogens with zero attached hydrogens (tertiary/aromatic N) is 3. The molecule has 6 nitrogen and oxygen atoms in total. The molecule has 0 saturated heterocycles. The number of hydrogen-bond donors (Lipinski definition) is 3. The van der Waals surface area contributed by atoms with Crippen LogP contribution in [0.2, 0.25) is 0 Å². The molecule has 0 atom stereocenters. The van der Waals surface area contributed by atoms with E-state index in [2.05, 4.69) is 26.7 Å². The highest BCUT2D eigenvalue weighted by molar-refractivity contribution is 7.09. The van der Waals surface area contributed by atoms with Crippen molar-refractivity contribution in [2.45, 2.75) is 13.3 Å². The van der Waals surface area contributed by atoms with Gasteiger partial charge in [0.2, 0.25) is 0 Å². The van der Waals surface area contributed by atoms with Crippen LogP contribution in [0.5, 0.6) is 0 Å². The van der Waals surface area contributed by atoms with E-state index in [9.17, 15) is 0 Å². The van der Waals surface area contributed by atoms with E-state index in [1.165, 1.54) is 11.2 Å². The molecule has 0 unspecified atom stereocenters. The van der Waals surface area contributed by atoms with Gasteiger partial charge in [-0.05, 0) is 24.8 Å². The van der Waals surface area contributed by atoms with Crippen LogP contribution in [-0.4, -0.2) is 41.3 Å². The predicted octanol–water partition coefficient (Wildman–Crippen LogP) is 1.59. The SMILES string of the molecule is CCN(CCO)c1ncnc(NCCc2cccs2)c1N. The number of nitrogens with one attached hydrogen (secondary N) is 1. The van der Waals surface area contributed by atoms with Crippen LogP contribution in [0.25, 0.3) is 0 Å². The van der Waals surface area contributed by atoms with E-state index in [4.69, 9.17) is 10.8 Å². The molecule has 2 heterocycles. The van der Waals surface area contributed by atoms with Gasteiger partial charge in [-0.25, -0.2) is 9.97 Å². The van der Waals surface area contributed by atoms with E-state index in [1.54, 1.807) is 11.3 Å². The monoisotopic (exact) mass is 307 g/mol. The van der Waals surface area contributed by atoms with E-state index in [1.807, 2.05) is 17.9 Å². The van der Waals surface area contributed by atoms with Gasteiger partial charge in [-0.3, -0.25) is 0 Å². The number of rotatable bonds is 8. The molecule has 0 bridgehead atoms. The van der Waals surface area contributed by atoms with Gasteiger partial charge < -0.3 is 21.1 Å². The highest BCUT2D eigenvalue weighted by Crippen LogP contribution is 2.25. The zero-order valence-electron chi connectivity index (χ0n) is 12.1. The first-order chi connectivity index (χ1) is 10.3. The molecule has 2 aromatic heterocycles. The molecule has 0 radical (unpaired) electrons. The van der Waals surface area contributed by atoms with Crippen molar-refractivity contribution in [2.24, 2.45) is 0 Å². The van der Waals surface area contributed by atoms with Gasteiger partial charge >= 0.3 is 0 Å². The van der Waals surface area contributed by atoms with Crippen molar-refractivity contribution in [3.8, 4) is 0 Å². The molecule has 0 aliphatic carbocycles. The summed E-state index contributed by atoms with van der Waals surface area (Å²) in [5.74, 6) is 1.31. The van der Waals surface area contributed by atoms with Gasteiger partial charge in [0.15, 0.2) is 11.6 Å². The number of anilines is 3. The summed E-state index contributed by atoms with van der Waals surface area (Å²) in [5.41, 5.74) is 6.67. The summed E-state index contributed by atoms with van der Waals surface area (Å²) in [4.78, 5) is 11.7. The lowest BCUT2D eigenvalue weighted by molar-refractivity contribution is 0.302. The first-order valence-corrected chi connectivity index (χ1v) is 7.86. The van der Waals surface area contributed by atoms with Crippen LogP contribution >= 0.6 is 11.3 Å². The Kier molecular flexibility index (Phi) is 5.77. The van der Waals surface area contributed by atoms with Crippen LogP contribution in [0.15, 0.2) is 23.8 Å². The van der Waals surface area contributed by atoms with Crippen molar-refractivity contribution in [1.82, 2.24) is 9.97 Å². The van der Waals surface area contributed by atoms with E-state index in [0.29, 0.717) is 23.9 Å². The summed E-state index contributed by atoms with van der Waals surface area (Å²) in [6.45, 7) is 4.08. The molecular formula is C14H21N5OS. The van der Waals surface area contributed by atoms with Gasteiger partial charge in [0.1, 0.15) is 12.0 Å². The molecular weight excluding hydrogens is 286 g/mol. The molecule has 0 aromatic carbocycles. The fourth-order valence-corrected chi connectivity index (χ4v) is 2.78. The minimum absolute atomic E-state index is 0.0679. The Balaban J connectivity index is 2.02. The van der Waals surface area contributed by atoms with Crippen LogP contribution in [-0.2, 0) is 6.42 Å². The molecule has 2 rings (SSSR count). The molecule has 0 spiro atoms. The number of hydrogen-bond acceptors (Lipinski definition) is 7. The molecule has 4 N–H and O–H groups in total. The van der Waals surface area contributed by atoms with Crippen molar-refractivity contribution >= 4 is 28.7 Å². The Morgan fingerprint density at radius 3 is 2.95 bits per heavy atom. The molecule has 7 heteroatoms. The third-order valence-electron chi connectivity index (χ3n) is 3.16. The Bertz CT molecular complexity index is 546. The van der Waals surface area contributed by atoms with Crippen molar-refractivity contribution < 1.29 is 5.11 Å². The average molecular weight is 307 g/mol. The standard InChI is InChI=1S/C14H21N5OS/c1-2-19(7-8-20)14-12(15)13(17-10-18-14)16-6-5-11-4-3-9-21-11/h3-4,9-10,20H,2,5-8,15H2,1H3,(H,16,17,18). The fourth-order valence-electron chi connectivity index (χ4n) is 2.07. The predicted molar refractivity (Wildman–Crippen MR) is 87.9 cm³/mol. The second kappa shape index (κ2) is 7.80. The lowest BCUT2D eigenvalue weighted by Crippen LogP contribution is -2.28. The van der Waals surface area contributed by atoms with Crippen molar-refractivity contribution in [3.63, 3.8) is 0 Å². The number of likely N-dealkylation sites (N-methyl/N-ethyl adjacent to an activating group) is 1. The summed E-state index contributed by atoms with van der Waals surface area (Å²) in [6.07, 6.45) is 2.43. The first kappa shape index (κ1) is 15.5. The number of nitrogens with two attached hydrogens (primary N) is 1. The van der Waals surface area contributed by atoms with E-state index in [0.717, 1.165) is 19.5 Å². The zero-order valence-corrected chi connectivity index (χ0v) is 12.9. The Morgan fingerprint density at radius 1 is 1.43 bits per heavy atom. The quantitative estimate of drug-likeness (QED) is 0.686. The molecule has 0 saturated carbocycles. The third-order valence-corrected chi connectivity index (χ3v) is 4.09. The molecule has 21 heavy (non-hydrogen) atoms. The fraction of sp³-hybridized carbons (Fsp3) is 0.429. The molecule has 0 fully saturated rings. The van der Waals surface area contributed by atoms with Gasteiger partial charge in [0.05, 0.1) is 6.61 Å². The van der Waals surface area contributed by atoms with Gasteiger partial charge in [-0.2, -0.15) is 0 Å². The Morgan fingerprint density at radius 2 is 2.29 bits per heavy atom. The topological polar surface area (TPSA) is 87.3 Å². The Labute approximate surface area is 128 Å². The van der Waals surface area contributed by atoms with Gasteiger partial charge in [0.25, 0.3) is 0 Å². The summed E-state index contributed by atoms with van der Waals surface area (Å²) in [7, 11) is 0. The van der Waals surface area contributed by atoms with Crippen molar-refractivity contribution in [3.05, 3.63) is 28.7 Å². The molecule has 0 aliphatic heterocycles. The van der Waals surface area contributed by atoms with Crippen LogP contribution in [0.1, 0.15) is 11.8 Å². The van der Waals surface area contributed by atoms with Crippen LogP contribution in [0, 0.1) is 0 Å². The number of aliphatic hydroxyl groups is 1. The lowest BCUT2D eigenvalue weighted by atomic mass is 10.3. The van der Waals surface area contributed by atoms with Gasteiger partial charge in [-0.15, -0.1) is 11.3 Å². The van der Waals surface area contributed by atoms with Gasteiger partial charge in [0, 0.05) is 24.5 Å². The summed E-state index contributed by atoms with van der Waals surface area (Å²) >= 11 is 1.74. The van der Waals surface area contributed by atoms with Crippen LogP contribution in [0.3, 0.4) is 0 Å². The van der Waals surface area contributed by atoms with E-state index >= 15 is 0 Å². The Hall–Kier alpha value is -1.86. The second-order valence-corrected chi connectivity index (χ2v) is 5.55. The van der Waals surface area contributed by atoms with Crippen molar-refractivity contribution in [1.29, 1.82) is 0 Å². The van der Waals surface area contributed by atoms with Crippen LogP contribution in [0.4, 0.5) is 17.3 Å². The third kappa shape index (κ3) is 4.05. The van der Waals surface area contributed by atoms with E-state index < -0.39 is 0 Å². The smallest absolute Gasteiger partial charge is 0.157 e. The molecule has 114 valence electrons. The number of aromatic nitrogens is 2. The first-order valence-electron chi connectivity index (χ1n) is 6.98. The van der Waals surface area contributed by atoms with Crippen molar-refractivity contribution in [2.75, 3.05) is 42.2 Å². The van der Waals surface area contributed by atoms with E-state index in [-0.39, 0.29) is 6.61 Å². The molecule has 2 aromatic rings. The highest BCUT2D eigenvalue weighted by atomic mass is 32.1. The summed E-state index contributed by atoms with van der Waals surface area (Å²) in [6, 6.07) is 4.16. The highest BCUT2D eigenvalue weighted by Gasteiger charge is 2.13. The molecule has 0 amide bonds. The number of thiophene rings is 1. The summed E-state index contributed by atoms with van der Waals surface area (Å²) in [5, 5.41) is 14.4. The maximum absolute atomic E-state index is 9.10. The number of aliphatic hydroxyl groups excluding tert-OH is 1. The number of nitrogen functional groups attached to an aromatic ring is 1. The second-order valence-electron chi connectivity index (χ2n) is 4.52. The minimum atomic E-state index is 0.0679. The maximum Gasteiger partial charge on any atom is 0.157 e. The maximum atomic E-state index is 9.10. The molecule has 0 aliphatic rings.